The molecule has 1 fully saturated rings. The van der Waals surface area contributed by atoms with Crippen molar-refractivity contribution in [1.29, 1.82) is 0 Å². The van der Waals surface area contributed by atoms with Crippen LogP contribution in [0.5, 0.6) is 0 Å². The first-order valence-electron chi connectivity index (χ1n) is 7.92. The zero-order valence-electron chi connectivity index (χ0n) is 13.3. The number of hydrogen-bond donors (Lipinski definition) is 0. The lowest BCUT2D eigenvalue weighted by Gasteiger charge is -2.35. The van der Waals surface area contributed by atoms with Crippen LogP contribution in [0.3, 0.4) is 0 Å². The van der Waals surface area contributed by atoms with Gasteiger partial charge in [-0.2, -0.15) is 0 Å². The summed E-state index contributed by atoms with van der Waals surface area (Å²) in [6.45, 7) is 2.11. The number of piperazine rings is 1. The van der Waals surface area contributed by atoms with E-state index in [0.717, 1.165) is 4.70 Å². The van der Waals surface area contributed by atoms with Crippen molar-refractivity contribution in [2.24, 2.45) is 0 Å². The molecule has 0 bridgehead atoms. The highest BCUT2D eigenvalue weighted by molar-refractivity contribution is 7.16. The van der Waals surface area contributed by atoms with Gasteiger partial charge in [-0.15, -0.1) is 11.3 Å². The van der Waals surface area contributed by atoms with E-state index in [2.05, 4.69) is 0 Å². The second-order valence-electron chi connectivity index (χ2n) is 5.85. The number of halogens is 1. The van der Waals surface area contributed by atoms with E-state index < -0.39 is 5.82 Å². The van der Waals surface area contributed by atoms with Crippen LogP contribution in [-0.2, 0) is 0 Å². The molecule has 1 aliphatic rings. The number of amides is 1. The lowest BCUT2D eigenvalue weighted by atomic mass is 10.2. The van der Waals surface area contributed by atoms with E-state index in [1.54, 1.807) is 23.1 Å². The third-order valence-electron chi connectivity index (χ3n) is 4.36. The summed E-state index contributed by atoms with van der Waals surface area (Å²) in [4.78, 5) is 28.6. The van der Waals surface area contributed by atoms with E-state index >= 15 is 0 Å². The topological polar surface area (TPSA) is 53.8 Å². The first kappa shape index (κ1) is 15.8. The van der Waals surface area contributed by atoms with Crippen LogP contribution in [0, 0.1) is 5.82 Å². The molecule has 0 atom stereocenters. The number of benzene rings is 1. The number of furan rings is 1. The van der Waals surface area contributed by atoms with Gasteiger partial charge in [-0.25, -0.2) is 4.39 Å². The van der Waals surface area contributed by atoms with Gasteiger partial charge in [0, 0.05) is 41.6 Å². The molecule has 2 aromatic heterocycles. The van der Waals surface area contributed by atoms with E-state index in [9.17, 15) is 14.0 Å². The summed E-state index contributed by atoms with van der Waals surface area (Å²) in [6, 6.07) is 7.60. The van der Waals surface area contributed by atoms with Crippen LogP contribution in [0.4, 0.5) is 10.1 Å². The Labute approximate surface area is 146 Å². The Kier molecular flexibility index (Phi) is 4.01. The van der Waals surface area contributed by atoms with Gasteiger partial charge < -0.3 is 14.2 Å². The second kappa shape index (κ2) is 6.33. The molecule has 7 heteroatoms. The molecular weight excluding hydrogens is 343 g/mol. The van der Waals surface area contributed by atoms with Gasteiger partial charge >= 0.3 is 0 Å². The number of carbonyl (C=O) groups is 1. The molecule has 25 heavy (non-hydrogen) atoms. The minimum atomic E-state index is -0.414. The standard InChI is InChI=1S/C18H15FN2O3S/c19-12-3-4-16-13(10-12)17(22)14(11-25-16)20-5-7-21(8-6-20)18(23)15-2-1-9-24-15/h1-4,9-11H,5-8H2. The molecule has 3 heterocycles. The van der Waals surface area contributed by atoms with E-state index in [4.69, 9.17) is 4.42 Å². The molecule has 0 unspecified atom stereocenters. The Bertz CT molecular complexity index is 976. The molecular formula is C18H15FN2O3S. The predicted octanol–water partition coefficient (Wildman–Crippen LogP) is 2.96. The van der Waals surface area contributed by atoms with Gasteiger partial charge in [-0.3, -0.25) is 9.59 Å². The lowest BCUT2D eigenvalue weighted by Crippen LogP contribution is -2.49. The number of rotatable bonds is 2. The molecule has 0 spiro atoms. The number of anilines is 1. The van der Waals surface area contributed by atoms with E-state index in [-0.39, 0.29) is 11.3 Å². The third-order valence-corrected chi connectivity index (χ3v) is 5.31. The Morgan fingerprint density at radius 2 is 1.96 bits per heavy atom. The highest BCUT2D eigenvalue weighted by Crippen LogP contribution is 2.23. The Balaban J connectivity index is 1.55. The number of hydrogen-bond acceptors (Lipinski definition) is 5. The third kappa shape index (κ3) is 2.91. The Morgan fingerprint density at radius 1 is 1.16 bits per heavy atom. The average Bonchev–Trinajstić information content (AvgIpc) is 3.17. The molecule has 0 saturated carbocycles. The molecule has 1 aromatic carbocycles. The maximum Gasteiger partial charge on any atom is 0.289 e. The number of nitrogens with zero attached hydrogens (tertiary/aromatic N) is 2. The monoisotopic (exact) mass is 358 g/mol. The van der Waals surface area contributed by atoms with Crippen LogP contribution in [-0.4, -0.2) is 37.0 Å². The first-order valence-corrected chi connectivity index (χ1v) is 8.80. The molecule has 0 radical (unpaired) electrons. The van der Waals surface area contributed by atoms with Crippen LogP contribution in [0.1, 0.15) is 10.6 Å². The molecule has 128 valence electrons. The lowest BCUT2D eigenvalue weighted by molar-refractivity contribution is 0.0714. The molecule has 1 aliphatic heterocycles. The van der Waals surface area contributed by atoms with Gasteiger partial charge in [0.2, 0.25) is 5.43 Å². The van der Waals surface area contributed by atoms with Crippen molar-refractivity contribution in [1.82, 2.24) is 4.90 Å². The second-order valence-corrected chi connectivity index (χ2v) is 6.76. The molecule has 0 N–H and O–H groups in total. The fourth-order valence-corrected chi connectivity index (χ4v) is 3.94. The Morgan fingerprint density at radius 3 is 2.68 bits per heavy atom. The van der Waals surface area contributed by atoms with Crippen molar-refractivity contribution < 1.29 is 13.6 Å². The minimum Gasteiger partial charge on any atom is -0.459 e. The van der Waals surface area contributed by atoms with E-state index in [1.807, 2.05) is 10.3 Å². The summed E-state index contributed by atoms with van der Waals surface area (Å²) in [5.74, 6) is -0.237. The van der Waals surface area contributed by atoms with Gasteiger partial charge in [0.25, 0.3) is 5.91 Å². The zero-order chi connectivity index (χ0) is 17.4. The summed E-state index contributed by atoms with van der Waals surface area (Å²) >= 11 is 1.42. The summed E-state index contributed by atoms with van der Waals surface area (Å²) in [7, 11) is 0. The summed E-state index contributed by atoms with van der Waals surface area (Å²) < 4.78 is 19.4. The normalized spacial score (nSPS) is 14.9. The van der Waals surface area contributed by atoms with Crippen molar-refractivity contribution in [2.45, 2.75) is 0 Å². The van der Waals surface area contributed by atoms with Crippen molar-refractivity contribution >= 4 is 33.0 Å². The van der Waals surface area contributed by atoms with Crippen molar-refractivity contribution in [2.75, 3.05) is 31.1 Å². The van der Waals surface area contributed by atoms with Crippen LogP contribution in [0.2, 0.25) is 0 Å². The zero-order valence-corrected chi connectivity index (χ0v) is 14.1. The molecule has 5 nitrogen and oxygen atoms in total. The smallest absolute Gasteiger partial charge is 0.289 e. The Hall–Kier alpha value is -2.67. The number of fused-ring (bicyclic) bond motifs is 1. The van der Waals surface area contributed by atoms with Gasteiger partial charge in [-0.05, 0) is 30.3 Å². The average molecular weight is 358 g/mol. The van der Waals surface area contributed by atoms with Gasteiger partial charge in [0.05, 0.1) is 12.0 Å². The fourth-order valence-electron chi connectivity index (χ4n) is 3.02. The maximum atomic E-state index is 13.5. The summed E-state index contributed by atoms with van der Waals surface area (Å²) in [6.07, 6.45) is 1.47. The van der Waals surface area contributed by atoms with Gasteiger partial charge in [0.1, 0.15) is 5.82 Å². The van der Waals surface area contributed by atoms with E-state index in [1.165, 1.54) is 29.7 Å². The summed E-state index contributed by atoms with van der Waals surface area (Å²) in [5, 5.41) is 2.21. The quantitative estimate of drug-likeness (QED) is 0.707. The maximum absolute atomic E-state index is 13.5. The molecule has 1 amide bonds. The first-order chi connectivity index (χ1) is 12.1. The highest BCUT2D eigenvalue weighted by Gasteiger charge is 2.25. The van der Waals surface area contributed by atoms with Crippen LogP contribution in [0.15, 0.2) is 51.2 Å². The fraction of sp³-hybridized carbons (Fsp3) is 0.222. The largest absolute Gasteiger partial charge is 0.459 e. The SMILES string of the molecule is O=C(c1ccco1)N1CCN(c2csc3ccc(F)cc3c2=O)CC1. The number of carbonyl (C=O) groups excluding carboxylic acids is 1. The van der Waals surface area contributed by atoms with Gasteiger partial charge in [-0.1, -0.05) is 0 Å². The van der Waals surface area contributed by atoms with Crippen LogP contribution < -0.4 is 10.3 Å². The van der Waals surface area contributed by atoms with Gasteiger partial charge in [0.15, 0.2) is 5.76 Å². The minimum absolute atomic E-state index is 0.143. The predicted molar refractivity (Wildman–Crippen MR) is 94.9 cm³/mol. The molecule has 1 saturated heterocycles. The highest BCUT2D eigenvalue weighted by atomic mass is 32.1. The van der Waals surface area contributed by atoms with Crippen LogP contribution in [0.25, 0.3) is 10.1 Å². The van der Waals surface area contributed by atoms with Crippen molar-refractivity contribution in [3.05, 3.63) is 63.8 Å². The summed E-state index contributed by atoms with van der Waals surface area (Å²) in [5.41, 5.74) is 0.396. The molecule has 0 aliphatic carbocycles. The van der Waals surface area contributed by atoms with Crippen molar-refractivity contribution in [3.63, 3.8) is 0 Å². The molecule has 3 aromatic rings. The van der Waals surface area contributed by atoms with E-state index in [0.29, 0.717) is 43.0 Å². The van der Waals surface area contributed by atoms with Crippen molar-refractivity contribution in [3.8, 4) is 0 Å². The van der Waals surface area contributed by atoms with Crippen LogP contribution >= 0.6 is 11.3 Å². The molecule has 4 rings (SSSR count).